The number of hydrogen-bond donors (Lipinski definition) is 1. The van der Waals surface area contributed by atoms with Gasteiger partial charge in [0.25, 0.3) is 0 Å². The van der Waals surface area contributed by atoms with Crippen LogP contribution in [0.2, 0.25) is 0 Å². The van der Waals surface area contributed by atoms with Crippen molar-refractivity contribution in [1.82, 2.24) is 9.97 Å². The summed E-state index contributed by atoms with van der Waals surface area (Å²) < 4.78 is 14.4. The Morgan fingerprint density at radius 2 is 1.93 bits per heavy atom. The van der Waals surface area contributed by atoms with Gasteiger partial charge in [-0.3, -0.25) is 24.2 Å². The van der Waals surface area contributed by atoms with E-state index in [-0.39, 0.29) is 24.7 Å². The third-order valence-electron chi connectivity index (χ3n) is 6.87. The fourth-order valence-electron chi connectivity index (χ4n) is 4.84. The molecule has 1 aliphatic rings. The van der Waals surface area contributed by atoms with Crippen molar-refractivity contribution < 1.29 is 23.9 Å². The van der Waals surface area contributed by atoms with Crippen molar-refractivity contribution in [2.24, 2.45) is 5.92 Å². The number of aliphatic carboxylic acids is 1. The van der Waals surface area contributed by atoms with E-state index in [2.05, 4.69) is 9.97 Å². The molecule has 0 aliphatic carbocycles. The van der Waals surface area contributed by atoms with Crippen LogP contribution in [0.3, 0.4) is 0 Å². The SMILES string of the molecule is CN(C(=O)[C@@H](CC(=O)O)Cc1ccccc1)c1nc(-c2cc(F)ccc2-c2ccc(N3CCCC3=O)nc2)cs1. The van der Waals surface area contributed by atoms with Crippen molar-refractivity contribution in [2.45, 2.75) is 25.7 Å². The predicted molar refractivity (Wildman–Crippen MR) is 152 cm³/mol. The lowest BCUT2D eigenvalue weighted by Crippen LogP contribution is -2.35. The highest BCUT2D eigenvalue weighted by atomic mass is 32.1. The van der Waals surface area contributed by atoms with Gasteiger partial charge in [0.15, 0.2) is 5.13 Å². The molecule has 4 aromatic rings. The molecule has 1 saturated heterocycles. The van der Waals surface area contributed by atoms with Gasteiger partial charge in [-0.1, -0.05) is 36.4 Å². The van der Waals surface area contributed by atoms with Gasteiger partial charge >= 0.3 is 5.97 Å². The zero-order chi connectivity index (χ0) is 28.2. The van der Waals surface area contributed by atoms with Gasteiger partial charge in [-0.2, -0.15) is 0 Å². The van der Waals surface area contributed by atoms with Crippen molar-refractivity contribution in [1.29, 1.82) is 0 Å². The van der Waals surface area contributed by atoms with Crippen LogP contribution >= 0.6 is 11.3 Å². The van der Waals surface area contributed by atoms with Gasteiger partial charge in [0.2, 0.25) is 11.8 Å². The second kappa shape index (κ2) is 11.7. The summed E-state index contributed by atoms with van der Waals surface area (Å²) in [6.07, 6.45) is 2.94. The summed E-state index contributed by atoms with van der Waals surface area (Å²) in [5.74, 6) is -1.99. The number of thiazole rings is 1. The van der Waals surface area contributed by atoms with E-state index in [1.54, 1.807) is 35.7 Å². The molecule has 1 atom stereocenters. The van der Waals surface area contributed by atoms with E-state index < -0.39 is 17.7 Å². The largest absolute Gasteiger partial charge is 0.481 e. The molecule has 0 unspecified atom stereocenters. The molecule has 3 heterocycles. The summed E-state index contributed by atoms with van der Waals surface area (Å²) in [6.45, 7) is 0.638. The van der Waals surface area contributed by atoms with E-state index in [1.807, 2.05) is 36.4 Å². The number of amides is 2. The normalized spacial score (nSPS) is 13.8. The Balaban J connectivity index is 1.40. The number of benzene rings is 2. The monoisotopic (exact) mass is 558 g/mol. The summed E-state index contributed by atoms with van der Waals surface area (Å²) in [7, 11) is 1.57. The lowest BCUT2D eigenvalue weighted by atomic mass is 9.95. The lowest BCUT2D eigenvalue weighted by molar-refractivity contribution is -0.140. The fourth-order valence-corrected chi connectivity index (χ4v) is 5.64. The van der Waals surface area contributed by atoms with Crippen LogP contribution in [0.15, 0.2) is 72.2 Å². The molecule has 0 saturated carbocycles. The molecule has 8 nitrogen and oxygen atoms in total. The van der Waals surface area contributed by atoms with E-state index in [0.29, 0.717) is 40.7 Å². The first-order valence-corrected chi connectivity index (χ1v) is 13.7. The second-order valence-electron chi connectivity index (χ2n) is 9.64. The van der Waals surface area contributed by atoms with Gasteiger partial charge in [0, 0.05) is 42.7 Å². The molecule has 5 rings (SSSR count). The summed E-state index contributed by atoms with van der Waals surface area (Å²) in [6, 6.07) is 17.3. The van der Waals surface area contributed by atoms with Crippen molar-refractivity contribution in [2.75, 3.05) is 23.4 Å². The number of hydrogen-bond acceptors (Lipinski definition) is 6. The highest BCUT2D eigenvalue weighted by molar-refractivity contribution is 7.14. The molecule has 204 valence electrons. The zero-order valence-corrected chi connectivity index (χ0v) is 22.6. The first kappa shape index (κ1) is 27.1. The molecule has 0 bridgehead atoms. The first-order valence-electron chi connectivity index (χ1n) is 12.9. The Bertz CT molecular complexity index is 1540. The number of carbonyl (C=O) groups is 3. The third-order valence-corrected chi connectivity index (χ3v) is 7.79. The highest BCUT2D eigenvalue weighted by Gasteiger charge is 2.28. The van der Waals surface area contributed by atoms with Crippen LogP contribution in [0.1, 0.15) is 24.8 Å². The summed E-state index contributed by atoms with van der Waals surface area (Å²) >= 11 is 1.22. The zero-order valence-electron chi connectivity index (χ0n) is 21.8. The van der Waals surface area contributed by atoms with Crippen LogP contribution in [-0.4, -0.2) is 46.5 Å². The van der Waals surface area contributed by atoms with Gasteiger partial charge in [-0.05, 0) is 48.2 Å². The molecule has 2 aromatic carbocycles. The van der Waals surface area contributed by atoms with Crippen LogP contribution in [0.4, 0.5) is 15.3 Å². The van der Waals surface area contributed by atoms with Gasteiger partial charge in [0.05, 0.1) is 18.0 Å². The Kier molecular flexibility index (Phi) is 7.97. The topological polar surface area (TPSA) is 104 Å². The number of rotatable bonds is 9. The molecular weight excluding hydrogens is 531 g/mol. The lowest BCUT2D eigenvalue weighted by Gasteiger charge is -2.21. The number of carboxylic acid groups (broad SMARTS) is 1. The molecule has 1 aliphatic heterocycles. The average molecular weight is 559 g/mol. The van der Waals surface area contributed by atoms with E-state index in [0.717, 1.165) is 17.5 Å². The van der Waals surface area contributed by atoms with Crippen LogP contribution in [-0.2, 0) is 20.8 Å². The molecule has 10 heteroatoms. The van der Waals surface area contributed by atoms with Crippen molar-refractivity contribution in [3.8, 4) is 22.4 Å². The second-order valence-corrected chi connectivity index (χ2v) is 10.5. The molecule has 2 amide bonds. The molecule has 1 fully saturated rings. The number of carbonyl (C=O) groups excluding carboxylic acids is 2. The van der Waals surface area contributed by atoms with Crippen molar-refractivity contribution in [3.63, 3.8) is 0 Å². The maximum absolute atomic E-state index is 14.4. The predicted octanol–water partition coefficient (Wildman–Crippen LogP) is 5.43. The van der Waals surface area contributed by atoms with Gasteiger partial charge in [0.1, 0.15) is 11.6 Å². The van der Waals surface area contributed by atoms with Gasteiger partial charge < -0.3 is 5.11 Å². The molecule has 0 spiro atoms. The smallest absolute Gasteiger partial charge is 0.304 e. The molecule has 1 N–H and O–H groups in total. The summed E-state index contributed by atoms with van der Waals surface area (Å²) in [4.78, 5) is 49.1. The molecule has 0 radical (unpaired) electrons. The Morgan fingerprint density at radius 3 is 2.60 bits per heavy atom. The summed E-state index contributed by atoms with van der Waals surface area (Å²) in [5.41, 5.74) is 3.31. The number of aromatic nitrogens is 2. The molecule has 2 aromatic heterocycles. The van der Waals surface area contributed by atoms with E-state index >= 15 is 0 Å². The maximum Gasteiger partial charge on any atom is 0.304 e. The Hall–Kier alpha value is -4.44. The van der Waals surface area contributed by atoms with Gasteiger partial charge in [-0.15, -0.1) is 11.3 Å². The standard InChI is InChI=1S/C30H27FN4O4S/c1-34(29(39)21(15-28(37)38)14-19-6-3-2-4-7-19)30-33-25(18-40-30)24-16-22(31)10-11-23(24)20-9-12-26(32-17-20)35-13-5-8-27(35)36/h2-4,6-7,9-12,16-18,21H,5,8,13-15H2,1H3,(H,37,38)/t21-/m1/s1. The van der Waals surface area contributed by atoms with E-state index in [4.69, 9.17) is 0 Å². The third kappa shape index (κ3) is 5.91. The fraction of sp³-hybridized carbons (Fsp3) is 0.233. The van der Waals surface area contributed by atoms with E-state index in [9.17, 15) is 23.9 Å². The van der Waals surface area contributed by atoms with Crippen molar-refractivity contribution in [3.05, 3.63) is 83.6 Å². The number of anilines is 2. The van der Waals surface area contributed by atoms with Crippen molar-refractivity contribution >= 4 is 40.1 Å². The van der Waals surface area contributed by atoms with Gasteiger partial charge in [-0.25, -0.2) is 14.4 Å². The Morgan fingerprint density at radius 1 is 1.12 bits per heavy atom. The minimum absolute atomic E-state index is 0.0470. The summed E-state index contributed by atoms with van der Waals surface area (Å²) in [5, 5.41) is 11.5. The maximum atomic E-state index is 14.4. The number of nitrogens with zero attached hydrogens (tertiary/aromatic N) is 4. The van der Waals surface area contributed by atoms with Crippen LogP contribution in [0.25, 0.3) is 22.4 Å². The highest BCUT2D eigenvalue weighted by Crippen LogP contribution is 2.36. The molecular formula is C30H27FN4O4S. The minimum Gasteiger partial charge on any atom is -0.481 e. The minimum atomic E-state index is -1.05. The Labute approximate surface area is 234 Å². The first-order chi connectivity index (χ1) is 19.3. The number of pyridine rings is 1. The number of carboxylic acids is 1. The number of halogens is 1. The quantitative estimate of drug-likeness (QED) is 0.294. The molecule has 40 heavy (non-hydrogen) atoms. The van der Waals surface area contributed by atoms with Crippen LogP contribution in [0.5, 0.6) is 0 Å². The van der Waals surface area contributed by atoms with Crippen LogP contribution < -0.4 is 9.80 Å². The van der Waals surface area contributed by atoms with Crippen LogP contribution in [0, 0.1) is 11.7 Å². The van der Waals surface area contributed by atoms with E-state index in [1.165, 1.54) is 28.4 Å². The average Bonchev–Trinajstić information content (AvgIpc) is 3.62.